The van der Waals surface area contributed by atoms with Gasteiger partial charge in [-0.3, -0.25) is 4.79 Å². The summed E-state index contributed by atoms with van der Waals surface area (Å²) >= 11 is 0. The van der Waals surface area contributed by atoms with E-state index in [1.54, 1.807) is 7.11 Å². The summed E-state index contributed by atoms with van der Waals surface area (Å²) in [5.74, 6) is -1.36. The molecule has 0 fully saturated rings. The maximum atomic E-state index is 12.4. The van der Waals surface area contributed by atoms with Crippen molar-refractivity contribution in [2.45, 2.75) is 44.8 Å². The number of aliphatic carboxylic acids is 1. The lowest BCUT2D eigenvalue weighted by Crippen LogP contribution is -2.29. The highest BCUT2D eigenvalue weighted by Crippen LogP contribution is 2.22. The van der Waals surface area contributed by atoms with Gasteiger partial charge < -0.3 is 19.3 Å². The predicted octanol–water partition coefficient (Wildman–Crippen LogP) is 2.97. The summed E-state index contributed by atoms with van der Waals surface area (Å²) in [6.45, 7) is 2.56. The zero-order valence-electron chi connectivity index (χ0n) is 14.3. The molecule has 134 valence electrons. The van der Waals surface area contributed by atoms with Crippen molar-refractivity contribution in [2.75, 3.05) is 20.3 Å². The molecule has 6 heteroatoms. The lowest BCUT2D eigenvalue weighted by molar-refractivity contribution is -0.165. The van der Waals surface area contributed by atoms with Gasteiger partial charge in [0, 0.05) is 13.5 Å². The molecule has 1 N–H and O–H groups in total. The Kier molecular flexibility index (Phi) is 9.72. The van der Waals surface area contributed by atoms with E-state index in [1.165, 1.54) is 0 Å². The van der Waals surface area contributed by atoms with Crippen molar-refractivity contribution in [3.05, 3.63) is 35.9 Å². The Labute approximate surface area is 142 Å². The highest BCUT2D eigenvalue weighted by molar-refractivity contribution is 5.75. The Morgan fingerprint density at radius 1 is 1.17 bits per heavy atom. The van der Waals surface area contributed by atoms with Crippen molar-refractivity contribution in [3.63, 3.8) is 0 Å². The zero-order chi connectivity index (χ0) is 17.8. The molecular weight excluding hydrogens is 312 g/mol. The van der Waals surface area contributed by atoms with Crippen molar-refractivity contribution >= 4 is 11.9 Å². The van der Waals surface area contributed by atoms with Crippen LogP contribution in [0.15, 0.2) is 30.3 Å². The number of esters is 1. The molecule has 0 saturated heterocycles. The first kappa shape index (κ1) is 20.1. The lowest BCUT2D eigenvalue weighted by atomic mass is 10.1. The standard InChI is InChI=1S/C18H26O6/c1-3-15(14-8-5-4-6-9-14)24-18(21)16(23-13-12-22-2)10-7-11-17(19)20/h4-6,8-9,15-16H,3,7,10-13H2,1-2H3,(H,19,20). The first-order valence-corrected chi connectivity index (χ1v) is 8.16. The van der Waals surface area contributed by atoms with E-state index in [0.29, 0.717) is 25.9 Å². The van der Waals surface area contributed by atoms with E-state index in [9.17, 15) is 9.59 Å². The Morgan fingerprint density at radius 3 is 2.46 bits per heavy atom. The molecule has 2 unspecified atom stereocenters. The Balaban J connectivity index is 2.64. The summed E-state index contributed by atoms with van der Waals surface area (Å²) in [5, 5.41) is 8.73. The van der Waals surface area contributed by atoms with Crippen LogP contribution in [-0.4, -0.2) is 43.5 Å². The fourth-order valence-corrected chi connectivity index (χ4v) is 2.25. The molecule has 0 radical (unpaired) electrons. The number of hydrogen-bond acceptors (Lipinski definition) is 5. The van der Waals surface area contributed by atoms with E-state index in [2.05, 4.69) is 0 Å². The molecule has 24 heavy (non-hydrogen) atoms. The number of rotatable bonds is 12. The molecule has 0 heterocycles. The van der Waals surface area contributed by atoms with Gasteiger partial charge in [-0.05, 0) is 24.8 Å². The molecule has 0 aliphatic rings. The molecule has 0 saturated carbocycles. The third-order valence-corrected chi connectivity index (χ3v) is 3.53. The van der Waals surface area contributed by atoms with Gasteiger partial charge in [0.05, 0.1) is 13.2 Å². The first-order chi connectivity index (χ1) is 11.6. The summed E-state index contributed by atoms with van der Waals surface area (Å²) in [6, 6.07) is 9.51. The van der Waals surface area contributed by atoms with Crippen LogP contribution in [0.1, 0.15) is 44.3 Å². The van der Waals surface area contributed by atoms with Crippen LogP contribution >= 0.6 is 0 Å². The number of carboxylic acid groups (broad SMARTS) is 1. The molecule has 1 aromatic carbocycles. The fourth-order valence-electron chi connectivity index (χ4n) is 2.25. The van der Waals surface area contributed by atoms with Crippen LogP contribution in [0.4, 0.5) is 0 Å². The summed E-state index contributed by atoms with van der Waals surface area (Å²) in [7, 11) is 1.55. The minimum absolute atomic E-state index is 0.00664. The molecule has 1 aromatic rings. The van der Waals surface area contributed by atoms with Crippen LogP contribution in [-0.2, 0) is 23.8 Å². The van der Waals surface area contributed by atoms with Crippen molar-refractivity contribution in [3.8, 4) is 0 Å². The van der Waals surface area contributed by atoms with Crippen LogP contribution in [0.25, 0.3) is 0 Å². The number of methoxy groups -OCH3 is 1. The Morgan fingerprint density at radius 2 is 1.88 bits per heavy atom. The maximum Gasteiger partial charge on any atom is 0.335 e. The zero-order valence-corrected chi connectivity index (χ0v) is 14.3. The molecular formula is C18H26O6. The number of ether oxygens (including phenoxy) is 3. The van der Waals surface area contributed by atoms with E-state index in [1.807, 2.05) is 37.3 Å². The van der Waals surface area contributed by atoms with Crippen LogP contribution in [0, 0.1) is 0 Å². The van der Waals surface area contributed by atoms with Gasteiger partial charge in [-0.25, -0.2) is 4.79 Å². The largest absolute Gasteiger partial charge is 0.481 e. The Bertz CT molecular complexity index is 488. The fraction of sp³-hybridized carbons (Fsp3) is 0.556. The second kappa shape index (κ2) is 11.6. The lowest BCUT2D eigenvalue weighted by Gasteiger charge is -2.21. The van der Waals surface area contributed by atoms with E-state index >= 15 is 0 Å². The number of hydrogen-bond donors (Lipinski definition) is 1. The van der Waals surface area contributed by atoms with Crippen molar-refractivity contribution in [1.29, 1.82) is 0 Å². The Hall–Kier alpha value is -1.92. The molecule has 6 nitrogen and oxygen atoms in total. The quantitative estimate of drug-likeness (QED) is 0.466. The van der Waals surface area contributed by atoms with Gasteiger partial charge in [-0.1, -0.05) is 37.3 Å². The highest BCUT2D eigenvalue weighted by Gasteiger charge is 2.24. The third-order valence-electron chi connectivity index (χ3n) is 3.53. The second-order valence-electron chi connectivity index (χ2n) is 5.38. The predicted molar refractivity (Wildman–Crippen MR) is 88.7 cm³/mol. The van der Waals surface area contributed by atoms with Gasteiger partial charge in [0.15, 0.2) is 6.10 Å². The van der Waals surface area contributed by atoms with E-state index in [-0.39, 0.29) is 19.1 Å². The molecule has 0 bridgehead atoms. The van der Waals surface area contributed by atoms with Gasteiger partial charge in [0.2, 0.25) is 0 Å². The van der Waals surface area contributed by atoms with Crippen LogP contribution in [0.3, 0.4) is 0 Å². The first-order valence-electron chi connectivity index (χ1n) is 8.16. The van der Waals surface area contributed by atoms with E-state index in [0.717, 1.165) is 5.56 Å². The van der Waals surface area contributed by atoms with Crippen LogP contribution < -0.4 is 0 Å². The average molecular weight is 338 g/mol. The maximum absolute atomic E-state index is 12.4. The van der Waals surface area contributed by atoms with E-state index < -0.39 is 18.0 Å². The highest BCUT2D eigenvalue weighted by atomic mass is 16.6. The van der Waals surface area contributed by atoms with Gasteiger partial charge in [-0.15, -0.1) is 0 Å². The minimum Gasteiger partial charge on any atom is -0.481 e. The second-order valence-corrected chi connectivity index (χ2v) is 5.38. The van der Waals surface area contributed by atoms with Crippen molar-refractivity contribution in [2.24, 2.45) is 0 Å². The summed E-state index contributed by atoms with van der Waals surface area (Å²) in [6.07, 6.45) is 0.178. The SMILES string of the molecule is CCC(OC(=O)C(CCCC(=O)O)OCCOC)c1ccccc1. The van der Waals surface area contributed by atoms with Crippen LogP contribution in [0.2, 0.25) is 0 Å². The molecule has 0 spiro atoms. The molecule has 1 rings (SSSR count). The number of carbonyl (C=O) groups excluding carboxylic acids is 1. The number of carbonyl (C=O) groups is 2. The monoisotopic (exact) mass is 338 g/mol. The van der Waals surface area contributed by atoms with Gasteiger partial charge in [0.1, 0.15) is 6.10 Å². The summed E-state index contributed by atoms with van der Waals surface area (Å²) in [5.41, 5.74) is 0.925. The molecule has 0 aromatic heterocycles. The summed E-state index contributed by atoms with van der Waals surface area (Å²) in [4.78, 5) is 23.1. The van der Waals surface area contributed by atoms with Gasteiger partial charge >= 0.3 is 11.9 Å². The smallest absolute Gasteiger partial charge is 0.335 e. The third kappa shape index (κ3) is 7.57. The number of carboxylic acids is 1. The van der Waals surface area contributed by atoms with Crippen molar-refractivity contribution < 1.29 is 28.9 Å². The van der Waals surface area contributed by atoms with Gasteiger partial charge in [-0.2, -0.15) is 0 Å². The molecule has 0 aliphatic carbocycles. The summed E-state index contributed by atoms with van der Waals surface area (Å²) < 4.78 is 16.0. The van der Waals surface area contributed by atoms with Crippen molar-refractivity contribution in [1.82, 2.24) is 0 Å². The molecule has 2 atom stereocenters. The molecule has 0 amide bonds. The number of benzene rings is 1. The average Bonchev–Trinajstić information content (AvgIpc) is 2.58. The normalized spacial score (nSPS) is 13.2. The van der Waals surface area contributed by atoms with E-state index in [4.69, 9.17) is 19.3 Å². The minimum atomic E-state index is -0.894. The van der Waals surface area contributed by atoms with Gasteiger partial charge in [0.25, 0.3) is 0 Å². The van der Waals surface area contributed by atoms with Crippen LogP contribution in [0.5, 0.6) is 0 Å². The molecule has 0 aliphatic heterocycles. The topological polar surface area (TPSA) is 82.1 Å².